The molecule has 2 heterocycles. The van der Waals surface area contributed by atoms with E-state index in [2.05, 4.69) is 4.98 Å². The summed E-state index contributed by atoms with van der Waals surface area (Å²) in [7, 11) is 0. The summed E-state index contributed by atoms with van der Waals surface area (Å²) in [4.78, 5) is 28.9. The zero-order chi connectivity index (χ0) is 18.0. The van der Waals surface area contributed by atoms with Crippen LogP contribution in [0.15, 0.2) is 30.5 Å². The average molecular weight is 345 g/mol. The van der Waals surface area contributed by atoms with Crippen molar-refractivity contribution >= 4 is 22.5 Å². The molecule has 1 amide bonds. The Hall–Kier alpha value is -2.74. The molecule has 0 saturated carbocycles. The third kappa shape index (κ3) is 3.69. The number of nitro groups is 1. The standard InChI is InChI=1S/C17H19N3O5/c1-11-8-19(9-12(2)25-11)16(21)10-24-15-6-5-14(20(22)23)13-4-3-7-18-17(13)15/h3-7,11-12H,8-10H2,1-2H3. The first-order valence-electron chi connectivity index (χ1n) is 8.04. The number of non-ortho nitro benzene ring substituents is 1. The fourth-order valence-electron chi connectivity index (χ4n) is 3.02. The van der Waals surface area contributed by atoms with E-state index in [0.29, 0.717) is 29.7 Å². The van der Waals surface area contributed by atoms with Crippen LogP contribution in [0.5, 0.6) is 5.75 Å². The Kier molecular flexibility index (Phi) is 4.80. The quantitative estimate of drug-likeness (QED) is 0.622. The molecule has 0 aliphatic carbocycles. The Labute approximate surface area is 144 Å². The zero-order valence-electron chi connectivity index (χ0n) is 14.0. The SMILES string of the molecule is CC1CN(C(=O)COc2ccc([N+](=O)[O-])c3cccnc23)CC(C)O1. The molecular formula is C17H19N3O5. The molecule has 0 spiro atoms. The Morgan fingerprint density at radius 1 is 1.36 bits per heavy atom. The molecule has 2 atom stereocenters. The number of hydrogen-bond acceptors (Lipinski definition) is 6. The van der Waals surface area contributed by atoms with Crippen LogP contribution in [0.2, 0.25) is 0 Å². The number of pyridine rings is 1. The molecular weight excluding hydrogens is 326 g/mol. The molecule has 0 bridgehead atoms. The largest absolute Gasteiger partial charge is 0.481 e. The lowest BCUT2D eigenvalue weighted by atomic mass is 10.1. The minimum atomic E-state index is -0.463. The van der Waals surface area contributed by atoms with Crippen LogP contribution in [0, 0.1) is 10.1 Å². The Morgan fingerprint density at radius 3 is 2.76 bits per heavy atom. The van der Waals surface area contributed by atoms with Crippen LogP contribution in [-0.4, -0.2) is 52.6 Å². The van der Waals surface area contributed by atoms with Crippen molar-refractivity contribution in [2.24, 2.45) is 0 Å². The van der Waals surface area contributed by atoms with Gasteiger partial charge in [0.15, 0.2) is 6.61 Å². The fraction of sp³-hybridized carbons (Fsp3) is 0.412. The topological polar surface area (TPSA) is 94.8 Å². The maximum atomic E-state index is 12.4. The molecule has 1 aliphatic rings. The number of morpholine rings is 1. The molecule has 1 saturated heterocycles. The van der Waals surface area contributed by atoms with Crippen molar-refractivity contribution in [3.05, 3.63) is 40.6 Å². The first kappa shape index (κ1) is 17.1. The summed E-state index contributed by atoms with van der Waals surface area (Å²) in [6.07, 6.45) is 1.50. The normalized spacial score (nSPS) is 20.5. The molecule has 1 aliphatic heterocycles. The van der Waals surface area contributed by atoms with Gasteiger partial charge >= 0.3 is 0 Å². The van der Waals surface area contributed by atoms with Crippen molar-refractivity contribution in [3.8, 4) is 5.75 Å². The monoisotopic (exact) mass is 345 g/mol. The van der Waals surface area contributed by atoms with Crippen molar-refractivity contribution < 1.29 is 19.2 Å². The first-order chi connectivity index (χ1) is 12.0. The predicted octanol–water partition coefficient (Wildman–Crippen LogP) is 2.16. The maximum absolute atomic E-state index is 12.4. The third-order valence-corrected chi connectivity index (χ3v) is 4.03. The molecule has 0 N–H and O–H groups in total. The highest BCUT2D eigenvalue weighted by Crippen LogP contribution is 2.31. The number of nitro benzene ring substituents is 1. The van der Waals surface area contributed by atoms with E-state index in [1.54, 1.807) is 17.0 Å². The first-order valence-corrected chi connectivity index (χ1v) is 8.04. The third-order valence-electron chi connectivity index (χ3n) is 4.03. The van der Waals surface area contributed by atoms with E-state index in [9.17, 15) is 14.9 Å². The van der Waals surface area contributed by atoms with E-state index in [1.165, 1.54) is 18.3 Å². The minimum Gasteiger partial charge on any atom is -0.481 e. The van der Waals surface area contributed by atoms with Crippen LogP contribution in [0.1, 0.15) is 13.8 Å². The van der Waals surface area contributed by atoms with E-state index >= 15 is 0 Å². The van der Waals surface area contributed by atoms with Crippen LogP contribution >= 0.6 is 0 Å². The average Bonchev–Trinajstić information content (AvgIpc) is 2.58. The van der Waals surface area contributed by atoms with Crippen molar-refractivity contribution in [2.75, 3.05) is 19.7 Å². The van der Waals surface area contributed by atoms with Gasteiger partial charge in [-0.25, -0.2) is 0 Å². The number of hydrogen-bond donors (Lipinski definition) is 0. The van der Waals surface area contributed by atoms with Crippen molar-refractivity contribution in [1.29, 1.82) is 0 Å². The Morgan fingerprint density at radius 2 is 2.08 bits per heavy atom. The minimum absolute atomic E-state index is 0.0189. The second-order valence-electron chi connectivity index (χ2n) is 6.08. The molecule has 3 rings (SSSR count). The number of aromatic nitrogens is 1. The van der Waals surface area contributed by atoms with Gasteiger partial charge in [0.2, 0.25) is 0 Å². The lowest BCUT2D eigenvalue weighted by molar-refractivity contribution is -0.383. The van der Waals surface area contributed by atoms with E-state index in [-0.39, 0.29) is 30.4 Å². The van der Waals surface area contributed by atoms with E-state index in [1.807, 2.05) is 13.8 Å². The molecule has 1 fully saturated rings. The fourth-order valence-corrected chi connectivity index (χ4v) is 3.02. The predicted molar refractivity (Wildman–Crippen MR) is 90.5 cm³/mol. The Bertz CT molecular complexity index is 800. The highest BCUT2D eigenvalue weighted by molar-refractivity contribution is 5.92. The summed E-state index contributed by atoms with van der Waals surface area (Å²) in [6.45, 7) is 4.73. The van der Waals surface area contributed by atoms with Gasteiger partial charge in [-0.2, -0.15) is 0 Å². The van der Waals surface area contributed by atoms with Crippen molar-refractivity contribution in [2.45, 2.75) is 26.1 Å². The summed E-state index contributed by atoms with van der Waals surface area (Å²) in [5.74, 6) is 0.202. The van der Waals surface area contributed by atoms with Crippen LogP contribution in [0.4, 0.5) is 5.69 Å². The van der Waals surface area contributed by atoms with E-state index in [0.717, 1.165) is 0 Å². The molecule has 25 heavy (non-hydrogen) atoms. The zero-order valence-corrected chi connectivity index (χ0v) is 14.0. The van der Waals surface area contributed by atoms with Gasteiger partial charge < -0.3 is 14.4 Å². The summed E-state index contributed by atoms with van der Waals surface area (Å²) < 4.78 is 11.2. The van der Waals surface area contributed by atoms with Crippen LogP contribution in [0.3, 0.4) is 0 Å². The van der Waals surface area contributed by atoms with E-state index in [4.69, 9.17) is 9.47 Å². The lowest BCUT2D eigenvalue weighted by Gasteiger charge is -2.35. The summed E-state index contributed by atoms with van der Waals surface area (Å²) in [5, 5.41) is 11.5. The number of rotatable bonds is 4. The summed E-state index contributed by atoms with van der Waals surface area (Å²) >= 11 is 0. The molecule has 132 valence electrons. The second kappa shape index (κ2) is 7.02. The van der Waals surface area contributed by atoms with Gasteiger partial charge in [0.1, 0.15) is 11.3 Å². The van der Waals surface area contributed by atoms with Crippen LogP contribution < -0.4 is 4.74 Å². The molecule has 8 heteroatoms. The number of fused-ring (bicyclic) bond motifs is 1. The lowest BCUT2D eigenvalue weighted by Crippen LogP contribution is -2.49. The number of benzene rings is 1. The summed E-state index contributed by atoms with van der Waals surface area (Å²) in [5.41, 5.74) is 0.325. The molecule has 2 unspecified atom stereocenters. The van der Waals surface area contributed by atoms with Crippen LogP contribution in [0.25, 0.3) is 10.9 Å². The van der Waals surface area contributed by atoms with Gasteiger partial charge in [0.25, 0.3) is 11.6 Å². The van der Waals surface area contributed by atoms with Gasteiger partial charge in [0, 0.05) is 25.4 Å². The van der Waals surface area contributed by atoms with Gasteiger partial charge in [-0.15, -0.1) is 0 Å². The molecule has 2 aromatic rings. The van der Waals surface area contributed by atoms with E-state index < -0.39 is 4.92 Å². The maximum Gasteiger partial charge on any atom is 0.279 e. The van der Waals surface area contributed by atoms with Crippen LogP contribution in [-0.2, 0) is 9.53 Å². The number of carbonyl (C=O) groups excluding carboxylic acids is 1. The number of ether oxygens (including phenoxy) is 2. The number of amides is 1. The second-order valence-corrected chi connectivity index (χ2v) is 6.08. The number of carbonyl (C=O) groups is 1. The van der Waals surface area contributed by atoms with Gasteiger partial charge in [-0.1, -0.05) is 0 Å². The summed E-state index contributed by atoms with van der Waals surface area (Å²) in [6, 6.07) is 6.08. The highest BCUT2D eigenvalue weighted by Gasteiger charge is 2.26. The van der Waals surface area contributed by atoms with Gasteiger partial charge in [-0.05, 0) is 32.0 Å². The van der Waals surface area contributed by atoms with Gasteiger partial charge in [0.05, 0.1) is 22.5 Å². The smallest absolute Gasteiger partial charge is 0.279 e. The number of nitrogens with zero attached hydrogens (tertiary/aromatic N) is 3. The Balaban J connectivity index is 1.76. The molecule has 8 nitrogen and oxygen atoms in total. The van der Waals surface area contributed by atoms with Gasteiger partial charge in [-0.3, -0.25) is 19.9 Å². The molecule has 0 radical (unpaired) electrons. The van der Waals surface area contributed by atoms with Crippen molar-refractivity contribution in [1.82, 2.24) is 9.88 Å². The molecule has 1 aromatic heterocycles. The highest BCUT2D eigenvalue weighted by atomic mass is 16.6. The van der Waals surface area contributed by atoms with Crippen molar-refractivity contribution in [3.63, 3.8) is 0 Å². The molecule has 1 aromatic carbocycles.